The standard InChI is InChI=1S/C28H39FN6O/c1-21(2)30-26-9-16-35(31-26)27(36)33-17-11-28(12-18-33)10-4-13-34(28)20-23-6-5-22(3)19-25(23)32-14-7-24(29)8-15-32/h5-6,9,16,19,24H,1,4,7-8,10-15,17-18,20H2,2-3H3,(H,30,31). The number of benzene rings is 1. The summed E-state index contributed by atoms with van der Waals surface area (Å²) in [6.07, 6.45) is 6.61. The lowest BCUT2D eigenvalue weighted by Gasteiger charge is -2.45. The second-order valence-corrected chi connectivity index (χ2v) is 10.9. The largest absolute Gasteiger partial charge is 0.371 e. The van der Waals surface area contributed by atoms with E-state index in [0.29, 0.717) is 18.7 Å². The van der Waals surface area contributed by atoms with Crippen LogP contribution in [0, 0.1) is 6.92 Å². The van der Waals surface area contributed by atoms with Crippen LogP contribution in [0.15, 0.2) is 42.7 Å². The van der Waals surface area contributed by atoms with Crippen molar-refractivity contribution in [2.75, 3.05) is 42.9 Å². The van der Waals surface area contributed by atoms with E-state index in [0.717, 1.165) is 57.8 Å². The molecular formula is C28H39FN6O. The number of carbonyl (C=O) groups is 1. The van der Waals surface area contributed by atoms with Gasteiger partial charge in [-0.1, -0.05) is 18.7 Å². The van der Waals surface area contributed by atoms with Crippen LogP contribution in [0.4, 0.5) is 20.7 Å². The zero-order valence-corrected chi connectivity index (χ0v) is 21.7. The SMILES string of the molecule is C=C(C)Nc1ccn(C(=O)N2CCC3(CCCN3Cc3ccc(C)cc3N3CCC(F)CC3)CC2)n1. The van der Waals surface area contributed by atoms with Gasteiger partial charge in [0, 0.05) is 61.9 Å². The molecule has 1 aromatic heterocycles. The van der Waals surface area contributed by atoms with Gasteiger partial charge in [-0.2, -0.15) is 4.68 Å². The quantitative estimate of drug-likeness (QED) is 0.621. The van der Waals surface area contributed by atoms with Gasteiger partial charge in [0.1, 0.15) is 6.17 Å². The molecule has 0 unspecified atom stereocenters. The van der Waals surface area contributed by atoms with Crippen LogP contribution in [0.2, 0.25) is 0 Å². The molecule has 3 aliphatic rings. The fourth-order valence-electron chi connectivity index (χ4n) is 6.18. The van der Waals surface area contributed by atoms with Crippen molar-refractivity contribution in [3.63, 3.8) is 0 Å². The third-order valence-corrected chi connectivity index (χ3v) is 8.20. The average molecular weight is 495 g/mol. The monoisotopic (exact) mass is 494 g/mol. The summed E-state index contributed by atoms with van der Waals surface area (Å²) in [5.74, 6) is 0.635. The van der Waals surface area contributed by atoms with E-state index in [1.807, 2.05) is 11.8 Å². The molecule has 1 amide bonds. The van der Waals surface area contributed by atoms with Gasteiger partial charge in [-0.25, -0.2) is 9.18 Å². The minimum atomic E-state index is -0.667. The maximum atomic E-state index is 13.8. The van der Waals surface area contributed by atoms with Crippen molar-refractivity contribution in [1.29, 1.82) is 0 Å². The van der Waals surface area contributed by atoms with Crippen molar-refractivity contribution in [3.8, 4) is 0 Å². The van der Waals surface area contributed by atoms with Crippen molar-refractivity contribution in [2.24, 2.45) is 0 Å². The lowest BCUT2D eigenvalue weighted by atomic mass is 9.84. The number of anilines is 2. The van der Waals surface area contributed by atoms with Crippen LogP contribution in [0.1, 0.15) is 56.6 Å². The number of aromatic nitrogens is 2. The second kappa shape index (κ2) is 10.2. The smallest absolute Gasteiger partial charge is 0.344 e. The van der Waals surface area contributed by atoms with Gasteiger partial charge < -0.3 is 15.1 Å². The minimum absolute atomic E-state index is 0.0683. The Morgan fingerprint density at radius 1 is 1.14 bits per heavy atom. The molecule has 36 heavy (non-hydrogen) atoms. The molecule has 0 saturated carbocycles. The Morgan fingerprint density at radius 2 is 1.89 bits per heavy atom. The van der Waals surface area contributed by atoms with E-state index in [2.05, 4.69) is 51.9 Å². The van der Waals surface area contributed by atoms with Gasteiger partial charge in [0.05, 0.1) is 0 Å². The molecule has 1 N–H and O–H groups in total. The molecule has 8 heteroatoms. The van der Waals surface area contributed by atoms with Gasteiger partial charge in [0.2, 0.25) is 0 Å². The van der Waals surface area contributed by atoms with Crippen LogP contribution in [0.3, 0.4) is 0 Å². The van der Waals surface area contributed by atoms with Crippen molar-refractivity contribution in [2.45, 2.75) is 70.6 Å². The van der Waals surface area contributed by atoms with Crippen LogP contribution in [-0.4, -0.2) is 70.0 Å². The number of allylic oxidation sites excluding steroid dienone is 1. The maximum absolute atomic E-state index is 13.8. The summed E-state index contributed by atoms with van der Waals surface area (Å²) < 4.78 is 15.2. The highest BCUT2D eigenvalue weighted by atomic mass is 19.1. The molecule has 194 valence electrons. The Morgan fingerprint density at radius 3 is 2.61 bits per heavy atom. The summed E-state index contributed by atoms with van der Waals surface area (Å²) in [5.41, 5.74) is 4.79. The number of nitrogens with one attached hydrogen (secondary N) is 1. The number of aryl methyl sites for hydroxylation is 1. The van der Waals surface area contributed by atoms with Gasteiger partial charge in [-0.3, -0.25) is 4.90 Å². The van der Waals surface area contributed by atoms with Crippen molar-refractivity contribution in [3.05, 3.63) is 53.9 Å². The molecule has 3 aliphatic heterocycles. The number of carbonyl (C=O) groups excluding carboxylic acids is 1. The average Bonchev–Trinajstić information content (AvgIpc) is 3.48. The van der Waals surface area contributed by atoms with E-state index in [1.54, 1.807) is 12.3 Å². The van der Waals surface area contributed by atoms with Crippen LogP contribution < -0.4 is 10.2 Å². The van der Waals surface area contributed by atoms with E-state index in [-0.39, 0.29) is 11.6 Å². The fourth-order valence-corrected chi connectivity index (χ4v) is 6.18. The number of nitrogens with zero attached hydrogens (tertiary/aromatic N) is 5. The molecule has 3 saturated heterocycles. The Balaban J connectivity index is 1.25. The number of halogens is 1. The third kappa shape index (κ3) is 5.14. The van der Waals surface area contributed by atoms with Crippen molar-refractivity contribution >= 4 is 17.5 Å². The fraction of sp³-hybridized carbons (Fsp3) is 0.571. The number of rotatable bonds is 5. The van der Waals surface area contributed by atoms with Crippen molar-refractivity contribution < 1.29 is 9.18 Å². The summed E-state index contributed by atoms with van der Waals surface area (Å²) in [4.78, 5) is 20.0. The molecule has 1 spiro atoms. The summed E-state index contributed by atoms with van der Waals surface area (Å²) >= 11 is 0. The number of hydrogen-bond donors (Lipinski definition) is 1. The minimum Gasteiger partial charge on any atom is -0.371 e. The van der Waals surface area contributed by atoms with Crippen LogP contribution in [0.25, 0.3) is 0 Å². The van der Waals surface area contributed by atoms with Crippen LogP contribution in [-0.2, 0) is 6.54 Å². The Bertz CT molecular complexity index is 1100. The highest BCUT2D eigenvalue weighted by Crippen LogP contribution is 2.40. The number of hydrogen-bond acceptors (Lipinski definition) is 5. The number of amides is 1. The van der Waals surface area contributed by atoms with Gasteiger partial charge in [0.15, 0.2) is 5.82 Å². The lowest BCUT2D eigenvalue weighted by molar-refractivity contribution is 0.0585. The lowest BCUT2D eigenvalue weighted by Crippen LogP contribution is -2.53. The molecule has 5 rings (SSSR count). The molecule has 1 aromatic carbocycles. The normalized spacial score (nSPS) is 20.8. The predicted molar refractivity (Wildman–Crippen MR) is 142 cm³/mol. The number of likely N-dealkylation sites (tertiary alicyclic amines) is 2. The molecule has 0 bridgehead atoms. The summed E-state index contributed by atoms with van der Waals surface area (Å²) in [6.45, 7) is 12.9. The van der Waals surface area contributed by atoms with Crippen LogP contribution in [0.5, 0.6) is 0 Å². The summed E-state index contributed by atoms with van der Waals surface area (Å²) in [5, 5.41) is 7.43. The van der Waals surface area contributed by atoms with E-state index < -0.39 is 6.17 Å². The highest BCUT2D eigenvalue weighted by Gasteiger charge is 2.44. The first-order valence-corrected chi connectivity index (χ1v) is 13.3. The molecule has 4 heterocycles. The molecule has 7 nitrogen and oxygen atoms in total. The topological polar surface area (TPSA) is 56.6 Å². The van der Waals surface area contributed by atoms with Gasteiger partial charge >= 0.3 is 6.03 Å². The molecule has 0 atom stereocenters. The van der Waals surface area contributed by atoms with E-state index in [4.69, 9.17) is 0 Å². The first-order valence-electron chi connectivity index (χ1n) is 13.3. The zero-order valence-electron chi connectivity index (χ0n) is 21.7. The highest BCUT2D eigenvalue weighted by molar-refractivity contribution is 5.76. The van der Waals surface area contributed by atoms with E-state index in [9.17, 15) is 9.18 Å². The Kier molecular flexibility index (Phi) is 7.06. The summed E-state index contributed by atoms with van der Waals surface area (Å²) in [6, 6.07) is 8.48. The first kappa shape index (κ1) is 24.8. The predicted octanol–water partition coefficient (Wildman–Crippen LogP) is 5.17. The third-order valence-electron chi connectivity index (χ3n) is 8.20. The molecule has 0 radical (unpaired) electrons. The molecule has 2 aromatic rings. The van der Waals surface area contributed by atoms with Gasteiger partial charge in [0.25, 0.3) is 0 Å². The Labute approximate surface area is 213 Å². The van der Waals surface area contributed by atoms with E-state index in [1.165, 1.54) is 34.3 Å². The van der Waals surface area contributed by atoms with Crippen molar-refractivity contribution in [1.82, 2.24) is 19.6 Å². The Hall–Kier alpha value is -2.87. The van der Waals surface area contributed by atoms with Gasteiger partial charge in [-0.15, -0.1) is 5.10 Å². The first-order chi connectivity index (χ1) is 17.3. The summed E-state index contributed by atoms with van der Waals surface area (Å²) in [7, 11) is 0. The molecule has 3 fully saturated rings. The second-order valence-electron chi connectivity index (χ2n) is 10.9. The number of alkyl halides is 1. The van der Waals surface area contributed by atoms with Crippen LogP contribution >= 0.6 is 0 Å². The van der Waals surface area contributed by atoms with Gasteiger partial charge in [-0.05, 0) is 76.1 Å². The zero-order chi connectivity index (χ0) is 25.3. The molecule has 0 aliphatic carbocycles. The van der Waals surface area contributed by atoms with E-state index >= 15 is 0 Å². The molecular weight excluding hydrogens is 455 g/mol. The maximum Gasteiger partial charge on any atom is 0.344 e. The number of piperidine rings is 2.